The van der Waals surface area contributed by atoms with E-state index in [1.165, 1.54) is 22.0 Å². The number of rotatable bonds is 6. The minimum atomic E-state index is -4.65. The fraction of sp³-hybridized carbons (Fsp3) is 0.536. The van der Waals surface area contributed by atoms with E-state index in [1.54, 1.807) is 45.0 Å². The van der Waals surface area contributed by atoms with Crippen LogP contribution in [-0.4, -0.2) is 86.4 Å². The number of carboxylic acids is 1. The zero-order valence-electron chi connectivity index (χ0n) is 22.9. The van der Waals surface area contributed by atoms with Crippen molar-refractivity contribution in [3.63, 3.8) is 0 Å². The van der Waals surface area contributed by atoms with Gasteiger partial charge >= 0.3 is 18.1 Å². The molecule has 2 saturated heterocycles. The van der Waals surface area contributed by atoms with Gasteiger partial charge in [0.2, 0.25) is 5.91 Å². The van der Waals surface area contributed by atoms with E-state index in [0.717, 1.165) is 4.90 Å². The molecule has 1 aromatic heterocycles. The van der Waals surface area contributed by atoms with E-state index in [0.29, 0.717) is 11.1 Å². The number of ether oxygens (including phenoxy) is 1. The Bertz CT molecular complexity index is 1400. The maximum atomic E-state index is 13.4. The summed E-state index contributed by atoms with van der Waals surface area (Å²) in [5.74, 6) is -4.17. The molecule has 5 rings (SSSR count). The summed E-state index contributed by atoms with van der Waals surface area (Å²) in [6.45, 7) is 5.04. The maximum Gasteiger partial charge on any atom is 0.403 e. The number of hydrogen-bond acceptors (Lipinski definition) is 6. The molecule has 13 heteroatoms. The normalized spacial score (nSPS) is 21.0. The largest absolute Gasteiger partial charge is 0.481 e. The third-order valence-electron chi connectivity index (χ3n) is 8.08. The van der Waals surface area contributed by atoms with Crippen molar-refractivity contribution < 1.29 is 42.2 Å². The molecule has 3 heterocycles. The van der Waals surface area contributed by atoms with Crippen LogP contribution in [0.4, 0.5) is 13.2 Å². The highest BCUT2D eigenvalue weighted by atomic mass is 19.4. The van der Waals surface area contributed by atoms with Crippen LogP contribution in [0.25, 0.3) is 0 Å². The van der Waals surface area contributed by atoms with Crippen LogP contribution in [-0.2, 0) is 20.9 Å². The number of carboxylic acid groups (broad SMARTS) is 1. The number of halogens is 3. The summed E-state index contributed by atoms with van der Waals surface area (Å²) in [6.07, 6.45) is -2.35. The van der Waals surface area contributed by atoms with E-state index < -0.39 is 52.3 Å². The van der Waals surface area contributed by atoms with Gasteiger partial charge in [0, 0.05) is 37.8 Å². The lowest BCUT2D eigenvalue weighted by Gasteiger charge is -2.50. The Kier molecular flexibility index (Phi) is 6.69. The van der Waals surface area contributed by atoms with Crippen molar-refractivity contribution in [3.05, 3.63) is 53.3 Å². The summed E-state index contributed by atoms with van der Waals surface area (Å²) in [6, 6.07) is 6.87. The van der Waals surface area contributed by atoms with Crippen molar-refractivity contribution in [2.24, 2.45) is 16.7 Å². The fourth-order valence-electron chi connectivity index (χ4n) is 5.80. The first-order valence-corrected chi connectivity index (χ1v) is 13.3. The van der Waals surface area contributed by atoms with Crippen molar-refractivity contribution in [2.75, 3.05) is 26.2 Å². The van der Waals surface area contributed by atoms with Crippen LogP contribution in [0.1, 0.15) is 59.9 Å². The average molecular weight is 577 g/mol. The summed E-state index contributed by atoms with van der Waals surface area (Å²) in [4.78, 5) is 53.1. The number of alkyl halides is 3. The number of aliphatic carboxylic acids is 1. The molecular weight excluding hydrogens is 545 g/mol. The van der Waals surface area contributed by atoms with Gasteiger partial charge in [-0.2, -0.15) is 18.3 Å². The molecule has 41 heavy (non-hydrogen) atoms. The summed E-state index contributed by atoms with van der Waals surface area (Å²) >= 11 is 0. The highest BCUT2D eigenvalue weighted by Gasteiger charge is 2.71. The number of nitrogens with zero attached hydrogens (tertiary/aromatic N) is 4. The van der Waals surface area contributed by atoms with Crippen molar-refractivity contribution in [1.82, 2.24) is 19.6 Å². The number of carbonyl (C=O) groups excluding carboxylic acids is 3. The predicted octanol–water partition coefficient (Wildman–Crippen LogP) is 3.21. The van der Waals surface area contributed by atoms with Crippen LogP contribution >= 0.6 is 0 Å². The second-order valence-electron chi connectivity index (χ2n) is 12.3. The van der Waals surface area contributed by atoms with E-state index in [-0.39, 0.29) is 51.1 Å². The summed E-state index contributed by atoms with van der Waals surface area (Å²) in [5.41, 5.74) is -2.87. The van der Waals surface area contributed by atoms with Crippen LogP contribution in [0.5, 0.6) is 0 Å². The van der Waals surface area contributed by atoms with Gasteiger partial charge in [-0.05, 0) is 45.2 Å². The molecule has 2 aliphatic heterocycles. The molecule has 1 atom stereocenters. The molecule has 1 aliphatic carbocycles. The molecule has 220 valence electrons. The Morgan fingerprint density at radius 3 is 2.27 bits per heavy atom. The number of hydrogen-bond donors (Lipinski definition) is 1. The third-order valence-corrected chi connectivity index (χ3v) is 8.08. The third kappa shape index (κ3) is 5.17. The van der Waals surface area contributed by atoms with Gasteiger partial charge in [0.1, 0.15) is 11.0 Å². The Morgan fingerprint density at radius 1 is 1.05 bits per heavy atom. The first kappa shape index (κ1) is 28.6. The number of carbonyl (C=O) groups is 4. The highest BCUT2D eigenvalue weighted by Crippen LogP contribution is 2.60. The van der Waals surface area contributed by atoms with Crippen molar-refractivity contribution >= 4 is 23.8 Å². The number of aromatic nitrogens is 2. The van der Waals surface area contributed by atoms with Gasteiger partial charge in [-0.25, -0.2) is 4.79 Å². The summed E-state index contributed by atoms with van der Waals surface area (Å²) in [5, 5.41) is 14.1. The zero-order chi connectivity index (χ0) is 30.0. The SMILES string of the molecule is CC(C)(C)OC(=O)c1ccccc1Cn1cc(C(=O)N2CC(C(=O)O)C3(C2)CN(C(=O)C2(C(F)(F)F)CC2)C3)cn1. The Morgan fingerprint density at radius 2 is 1.68 bits per heavy atom. The Balaban J connectivity index is 1.27. The molecule has 1 unspecified atom stereocenters. The van der Waals surface area contributed by atoms with Gasteiger partial charge < -0.3 is 19.6 Å². The number of amides is 2. The first-order chi connectivity index (χ1) is 19.1. The van der Waals surface area contributed by atoms with Crippen LogP contribution < -0.4 is 0 Å². The topological polar surface area (TPSA) is 122 Å². The lowest BCUT2D eigenvalue weighted by molar-refractivity contribution is -0.206. The summed E-state index contributed by atoms with van der Waals surface area (Å²) in [7, 11) is 0. The molecule has 2 aromatic rings. The second kappa shape index (κ2) is 9.59. The van der Waals surface area contributed by atoms with Crippen LogP contribution in [0, 0.1) is 16.7 Å². The van der Waals surface area contributed by atoms with E-state index in [9.17, 15) is 37.5 Å². The summed E-state index contributed by atoms with van der Waals surface area (Å²) < 4.78 is 47.3. The number of likely N-dealkylation sites (tertiary alicyclic amines) is 2. The molecular formula is C28H31F3N4O6. The Labute approximate surface area is 234 Å². The van der Waals surface area contributed by atoms with E-state index in [4.69, 9.17) is 4.74 Å². The molecule has 1 saturated carbocycles. The zero-order valence-corrected chi connectivity index (χ0v) is 22.9. The second-order valence-corrected chi connectivity index (χ2v) is 12.3. The van der Waals surface area contributed by atoms with E-state index in [2.05, 4.69) is 5.10 Å². The quantitative estimate of drug-likeness (QED) is 0.524. The molecule has 1 N–H and O–H groups in total. The van der Waals surface area contributed by atoms with Crippen molar-refractivity contribution in [1.29, 1.82) is 0 Å². The van der Waals surface area contributed by atoms with Crippen molar-refractivity contribution in [3.8, 4) is 0 Å². The standard InChI is InChI=1S/C28H31F3N4O6/c1-25(2,3)41-23(39)19-7-5-4-6-17(19)11-35-12-18(10-32-35)21(36)33-13-20(22(37)38)26(14-33)15-34(16-26)24(40)27(8-9-27)28(29,30)31/h4-7,10,12,20H,8-9,11,13-16H2,1-3H3,(H,37,38). The molecule has 0 bridgehead atoms. The molecule has 3 fully saturated rings. The minimum absolute atomic E-state index is 0.00173. The lowest BCUT2D eigenvalue weighted by Crippen LogP contribution is -2.65. The van der Waals surface area contributed by atoms with Gasteiger partial charge in [-0.15, -0.1) is 0 Å². The van der Waals surface area contributed by atoms with Gasteiger partial charge in [-0.3, -0.25) is 19.1 Å². The van der Waals surface area contributed by atoms with Crippen LogP contribution in [0.2, 0.25) is 0 Å². The molecule has 1 spiro atoms. The molecule has 10 nitrogen and oxygen atoms in total. The molecule has 1 aromatic carbocycles. The highest BCUT2D eigenvalue weighted by molar-refractivity contribution is 5.95. The van der Waals surface area contributed by atoms with Crippen LogP contribution in [0.15, 0.2) is 36.7 Å². The predicted molar refractivity (Wildman–Crippen MR) is 137 cm³/mol. The minimum Gasteiger partial charge on any atom is -0.481 e. The Hall–Kier alpha value is -3.90. The monoisotopic (exact) mass is 576 g/mol. The van der Waals surface area contributed by atoms with Gasteiger partial charge in [0.05, 0.1) is 29.8 Å². The molecule has 2 amide bonds. The number of benzene rings is 1. The first-order valence-electron chi connectivity index (χ1n) is 13.3. The van der Waals surface area contributed by atoms with Crippen molar-refractivity contribution in [2.45, 2.75) is 51.9 Å². The lowest BCUT2D eigenvalue weighted by atomic mass is 9.71. The van der Waals surface area contributed by atoms with Gasteiger partial charge in [0.15, 0.2) is 0 Å². The fourth-order valence-corrected chi connectivity index (χ4v) is 5.80. The average Bonchev–Trinajstić information content (AvgIpc) is 3.39. The molecule has 0 radical (unpaired) electrons. The molecule has 3 aliphatic rings. The van der Waals surface area contributed by atoms with E-state index >= 15 is 0 Å². The maximum absolute atomic E-state index is 13.4. The van der Waals surface area contributed by atoms with E-state index in [1.807, 2.05) is 0 Å². The number of esters is 1. The van der Waals surface area contributed by atoms with Gasteiger partial charge in [0.25, 0.3) is 5.91 Å². The van der Waals surface area contributed by atoms with Gasteiger partial charge in [-0.1, -0.05) is 18.2 Å². The smallest absolute Gasteiger partial charge is 0.403 e. The van der Waals surface area contributed by atoms with Crippen LogP contribution in [0.3, 0.4) is 0 Å².